The molecule has 0 aliphatic heterocycles. The highest BCUT2D eigenvalue weighted by Crippen LogP contribution is 2.20. The van der Waals surface area contributed by atoms with Gasteiger partial charge in [0.25, 0.3) is 0 Å². The lowest BCUT2D eigenvalue weighted by atomic mass is 9.86. The van der Waals surface area contributed by atoms with Crippen LogP contribution in [0.3, 0.4) is 0 Å². The molecule has 0 bridgehead atoms. The van der Waals surface area contributed by atoms with Crippen LogP contribution in [0.4, 0.5) is 0 Å². The van der Waals surface area contributed by atoms with Crippen molar-refractivity contribution in [2.24, 2.45) is 17.5 Å². The van der Waals surface area contributed by atoms with Gasteiger partial charge in [0, 0.05) is 20.1 Å². The van der Waals surface area contributed by atoms with E-state index in [1.807, 2.05) is 7.05 Å². The summed E-state index contributed by atoms with van der Waals surface area (Å²) in [5, 5.41) is 10.8. The van der Waals surface area contributed by atoms with Gasteiger partial charge in [0.1, 0.15) is 18.7 Å². The molecule has 0 unspecified atom stereocenters. The van der Waals surface area contributed by atoms with E-state index < -0.39 is 0 Å². The van der Waals surface area contributed by atoms with Crippen molar-refractivity contribution in [2.75, 3.05) is 13.1 Å². The maximum atomic E-state index is 4.60. The van der Waals surface area contributed by atoms with E-state index in [0.29, 0.717) is 6.54 Å². The molecule has 0 saturated heterocycles. The molecule has 0 spiro atoms. The Hall–Kier alpha value is -1.64. The van der Waals surface area contributed by atoms with E-state index in [1.54, 1.807) is 11.0 Å². The fourth-order valence-corrected chi connectivity index (χ4v) is 2.49. The van der Waals surface area contributed by atoms with E-state index in [2.05, 4.69) is 76.8 Å². The molecule has 138 valence electrons. The Labute approximate surface area is 167 Å². The van der Waals surface area contributed by atoms with Gasteiger partial charge in [0.05, 0.1) is 0 Å². The molecule has 2 rings (SSSR count). The van der Waals surface area contributed by atoms with E-state index in [9.17, 15) is 0 Å². The van der Waals surface area contributed by atoms with Gasteiger partial charge in [-0.05, 0) is 24.3 Å². The number of aliphatic imine (C=N–C) groups is 1. The Morgan fingerprint density at radius 3 is 2.52 bits per heavy atom. The van der Waals surface area contributed by atoms with Crippen LogP contribution in [0.2, 0.25) is 0 Å². The smallest absolute Gasteiger partial charge is 0.191 e. The first-order valence-electron chi connectivity index (χ1n) is 8.39. The maximum Gasteiger partial charge on any atom is 0.191 e. The third-order valence-corrected chi connectivity index (χ3v) is 3.79. The molecule has 25 heavy (non-hydrogen) atoms. The summed E-state index contributed by atoms with van der Waals surface area (Å²) < 4.78 is 1.74. The number of halogens is 1. The first-order chi connectivity index (χ1) is 11.5. The van der Waals surface area contributed by atoms with E-state index in [1.165, 1.54) is 5.56 Å². The molecule has 1 aromatic heterocycles. The zero-order valence-corrected chi connectivity index (χ0v) is 17.8. The quantitative estimate of drug-likeness (QED) is 0.382. The van der Waals surface area contributed by atoms with Gasteiger partial charge in [-0.15, -0.1) is 24.0 Å². The lowest BCUT2D eigenvalue weighted by Gasteiger charge is -2.26. The normalized spacial score (nSPS) is 11.8. The first kappa shape index (κ1) is 21.4. The molecule has 1 aromatic carbocycles. The topological polar surface area (TPSA) is 67.1 Å². The second-order valence-corrected chi connectivity index (χ2v) is 6.68. The standard InChI is InChI=1S/C18H28N6.HI/c1-5-19-17(20-12-16-22-14-23-24(16)4)21-13-18(2,3)11-15-9-7-6-8-10-15;/h6-10,14H,5,11-13H2,1-4H3,(H2,19,20,21);1H. The average Bonchev–Trinajstić information content (AvgIpc) is 2.96. The largest absolute Gasteiger partial charge is 0.357 e. The zero-order chi connectivity index (χ0) is 17.4. The predicted octanol–water partition coefficient (Wildman–Crippen LogP) is 2.76. The molecule has 0 fully saturated rings. The lowest BCUT2D eigenvalue weighted by Crippen LogP contribution is -2.42. The minimum Gasteiger partial charge on any atom is -0.357 e. The highest BCUT2D eigenvalue weighted by atomic mass is 127. The minimum absolute atomic E-state index is 0. The Morgan fingerprint density at radius 1 is 1.20 bits per heavy atom. The molecular weight excluding hydrogens is 427 g/mol. The Balaban J connectivity index is 0.00000312. The number of guanidine groups is 1. The van der Waals surface area contributed by atoms with Crippen LogP contribution < -0.4 is 10.6 Å². The van der Waals surface area contributed by atoms with Crippen molar-refractivity contribution in [2.45, 2.75) is 33.7 Å². The van der Waals surface area contributed by atoms with Crippen molar-refractivity contribution >= 4 is 29.9 Å². The van der Waals surface area contributed by atoms with Crippen LogP contribution in [0.15, 0.2) is 41.7 Å². The number of hydrogen-bond acceptors (Lipinski definition) is 3. The number of rotatable bonds is 7. The number of hydrogen-bond donors (Lipinski definition) is 2. The van der Waals surface area contributed by atoms with Gasteiger partial charge < -0.3 is 10.6 Å². The third kappa shape index (κ3) is 7.41. The van der Waals surface area contributed by atoms with Gasteiger partial charge in [-0.25, -0.2) is 9.98 Å². The second kappa shape index (κ2) is 10.4. The molecule has 7 heteroatoms. The summed E-state index contributed by atoms with van der Waals surface area (Å²) >= 11 is 0. The summed E-state index contributed by atoms with van der Waals surface area (Å²) in [5.74, 6) is 1.65. The molecule has 0 amide bonds. The molecular formula is C18H29IN6. The van der Waals surface area contributed by atoms with Crippen LogP contribution in [-0.2, 0) is 20.0 Å². The van der Waals surface area contributed by atoms with E-state index in [4.69, 9.17) is 0 Å². The van der Waals surface area contributed by atoms with Gasteiger partial charge in [-0.2, -0.15) is 5.10 Å². The van der Waals surface area contributed by atoms with E-state index in [0.717, 1.165) is 31.3 Å². The zero-order valence-electron chi connectivity index (χ0n) is 15.5. The Bertz CT molecular complexity index is 651. The SMILES string of the molecule is CCNC(=NCc1ncnn1C)NCC(C)(C)Cc1ccccc1.I. The number of aryl methyl sites for hydroxylation is 1. The maximum absolute atomic E-state index is 4.60. The summed E-state index contributed by atoms with van der Waals surface area (Å²) in [6.45, 7) is 8.76. The molecule has 0 aliphatic carbocycles. The van der Waals surface area contributed by atoms with Crippen LogP contribution in [0.1, 0.15) is 32.2 Å². The highest BCUT2D eigenvalue weighted by Gasteiger charge is 2.19. The van der Waals surface area contributed by atoms with Crippen LogP contribution in [0.5, 0.6) is 0 Å². The summed E-state index contributed by atoms with van der Waals surface area (Å²) in [6.07, 6.45) is 2.57. The van der Waals surface area contributed by atoms with E-state index >= 15 is 0 Å². The highest BCUT2D eigenvalue weighted by molar-refractivity contribution is 14.0. The number of nitrogens with zero attached hydrogens (tertiary/aromatic N) is 4. The Kier molecular flexibility index (Phi) is 8.88. The lowest BCUT2D eigenvalue weighted by molar-refractivity contribution is 0.359. The van der Waals surface area contributed by atoms with Gasteiger partial charge in [-0.1, -0.05) is 44.2 Å². The Morgan fingerprint density at radius 2 is 1.92 bits per heavy atom. The summed E-state index contributed by atoms with van der Waals surface area (Å²) in [5.41, 5.74) is 1.48. The van der Waals surface area contributed by atoms with Crippen molar-refractivity contribution < 1.29 is 0 Å². The van der Waals surface area contributed by atoms with Crippen molar-refractivity contribution in [1.29, 1.82) is 0 Å². The van der Waals surface area contributed by atoms with Gasteiger partial charge in [0.2, 0.25) is 0 Å². The van der Waals surface area contributed by atoms with Gasteiger partial charge in [-0.3, -0.25) is 4.68 Å². The third-order valence-electron chi connectivity index (χ3n) is 3.79. The predicted molar refractivity (Wildman–Crippen MR) is 113 cm³/mol. The fourth-order valence-electron chi connectivity index (χ4n) is 2.49. The molecule has 0 aliphatic rings. The minimum atomic E-state index is 0. The molecule has 2 aromatic rings. The number of benzene rings is 1. The number of nitrogens with one attached hydrogen (secondary N) is 2. The van der Waals surface area contributed by atoms with Crippen LogP contribution >= 0.6 is 24.0 Å². The average molecular weight is 456 g/mol. The summed E-state index contributed by atoms with van der Waals surface area (Å²) in [4.78, 5) is 8.80. The fraction of sp³-hybridized carbons (Fsp3) is 0.500. The molecule has 6 nitrogen and oxygen atoms in total. The van der Waals surface area contributed by atoms with Crippen LogP contribution in [-0.4, -0.2) is 33.8 Å². The molecule has 0 radical (unpaired) electrons. The van der Waals surface area contributed by atoms with Crippen molar-refractivity contribution in [3.05, 3.63) is 48.0 Å². The summed E-state index contributed by atoms with van der Waals surface area (Å²) in [6, 6.07) is 10.6. The molecule has 0 saturated carbocycles. The number of aromatic nitrogens is 3. The van der Waals surface area contributed by atoms with Crippen molar-refractivity contribution in [3.63, 3.8) is 0 Å². The van der Waals surface area contributed by atoms with Gasteiger partial charge >= 0.3 is 0 Å². The first-order valence-corrected chi connectivity index (χ1v) is 8.39. The van der Waals surface area contributed by atoms with Gasteiger partial charge in [0.15, 0.2) is 5.96 Å². The summed E-state index contributed by atoms with van der Waals surface area (Å²) in [7, 11) is 1.88. The van der Waals surface area contributed by atoms with Crippen molar-refractivity contribution in [1.82, 2.24) is 25.4 Å². The monoisotopic (exact) mass is 456 g/mol. The van der Waals surface area contributed by atoms with Crippen LogP contribution in [0, 0.1) is 5.41 Å². The van der Waals surface area contributed by atoms with Crippen molar-refractivity contribution in [3.8, 4) is 0 Å². The molecule has 2 N–H and O–H groups in total. The molecule has 0 atom stereocenters. The second-order valence-electron chi connectivity index (χ2n) is 6.68. The van der Waals surface area contributed by atoms with Crippen LogP contribution in [0.25, 0.3) is 0 Å². The van der Waals surface area contributed by atoms with E-state index in [-0.39, 0.29) is 29.4 Å². The molecule has 1 heterocycles.